The van der Waals surface area contributed by atoms with Gasteiger partial charge in [0.25, 0.3) is 11.8 Å². The zero-order valence-corrected chi connectivity index (χ0v) is 13.8. The molecule has 5 nitrogen and oxygen atoms in total. The standard InChI is InChI=1S/C18H15ClN2O3/c1-11-2-4-12(5-3-11)9-20-16(22)10-21-17(23)14-7-6-13(19)8-15(14)18(21)24/h2-8H,9-10H2,1H3,(H,20,22). The predicted molar refractivity (Wildman–Crippen MR) is 89.8 cm³/mol. The van der Waals surface area contributed by atoms with Crippen LogP contribution in [0.15, 0.2) is 42.5 Å². The first kappa shape index (κ1) is 16.2. The van der Waals surface area contributed by atoms with Crippen LogP contribution in [0.4, 0.5) is 0 Å². The number of carbonyl (C=O) groups excluding carboxylic acids is 3. The van der Waals surface area contributed by atoms with Crippen molar-refractivity contribution in [3.8, 4) is 0 Å². The number of benzene rings is 2. The van der Waals surface area contributed by atoms with Crippen molar-refractivity contribution in [1.82, 2.24) is 10.2 Å². The van der Waals surface area contributed by atoms with Gasteiger partial charge in [0.15, 0.2) is 0 Å². The van der Waals surface area contributed by atoms with Gasteiger partial charge < -0.3 is 5.32 Å². The third kappa shape index (κ3) is 3.16. The summed E-state index contributed by atoms with van der Waals surface area (Å²) in [6.45, 7) is 2.01. The smallest absolute Gasteiger partial charge is 0.262 e. The van der Waals surface area contributed by atoms with Crippen molar-refractivity contribution in [2.75, 3.05) is 6.54 Å². The lowest BCUT2D eigenvalue weighted by Crippen LogP contribution is -2.40. The summed E-state index contributed by atoms with van der Waals surface area (Å²) in [7, 11) is 0. The SMILES string of the molecule is Cc1ccc(CNC(=O)CN2C(=O)c3ccc(Cl)cc3C2=O)cc1. The molecule has 0 saturated carbocycles. The van der Waals surface area contributed by atoms with Gasteiger partial charge in [-0.1, -0.05) is 41.4 Å². The Kier molecular flexibility index (Phi) is 4.36. The van der Waals surface area contributed by atoms with Gasteiger partial charge in [-0.05, 0) is 30.7 Å². The van der Waals surface area contributed by atoms with Crippen molar-refractivity contribution in [3.63, 3.8) is 0 Å². The molecule has 3 rings (SSSR count). The van der Waals surface area contributed by atoms with E-state index >= 15 is 0 Å². The molecule has 122 valence electrons. The van der Waals surface area contributed by atoms with Gasteiger partial charge in [-0.15, -0.1) is 0 Å². The van der Waals surface area contributed by atoms with E-state index in [2.05, 4.69) is 5.32 Å². The summed E-state index contributed by atoms with van der Waals surface area (Å²) < 4.78 is 0. The maximum absolute atomic E-state index is 12.3. The fourth-order valence-corrected chi connectivity index (χ4v) is 2.68. The number of hydrogen-bond acceptors (Lipinski definition) is 3. The van der Waals surface area contributed by atoms with Crippen LogP contribution in [0.1, 0.15) is 31.8 Å². The average molecular weight is 343 g/mol. The molecule has 0 atom stereocenters. The average Bonchev–Trinajstić information content (AvgIpc) is 2.79. The Bertz CT molecular complexity index is 831. The van der Waals surface area contributed by atoms with Gasteiger partial charge in [-0.25, -0.2) is 0 Å². The highest BCUT2D eigenvalue weighted by molar-refractivity contribution is 6.32. The molecule has 1 N–H and O–H groups in total. The van der Waals surface area contributed by atoms with E-state index in [1.54, 1.807) is 6.07 Å². The lowest BCUT2D eigenvalue weighted by Gasteiger charge is -2.13. The number of halogens is 1. The molecule has 0 spiro atoms. The number of hydrogen-bond donors (Lipinski definition) is 1. The van der Waals surface area contributed by atoms with Gasteiger partial charge in [0.05, 0.1) is 11.1 Å². The Morgan fingerprint density at radius 1 is 1.04 bits per heavy atom. The van der Waals surface area contributed by atoms with Crippen LogP contribution in [-0.2, 0) is 11.3 Å². The Morgan fingerprint density at radius 3 is 2.42 bits per heavy atom. The molecule has 1 aliphatic heterocycles. The summed E-state index contributed by atoms with van der Waals surface area (Å²) in [4.78, 5) is 37.5. The van der Waals surface area contributed by atoms with Crippen LogP contribution in [0.5, 0.6) is 0 Å². The Morgan fingerprint density at radius 2 is 1.71 bits per heavy atom. The van der Waals surface area contributed by atoms with Crippen LogP contribution in [0.25, 0.3) is 0 Å². The van der Waals surface area contributed by atoms with Crippen LogP contribution in [0, 0.1) is 6.92 Å². The first-order valence-electron chi connectivity index (χ1n) is 7.43. The summed E-state index contributed by atoms with van der Waals surface area (Å²) in [5.41, 5.74) is 2.59. The molecule has 1 aliphatic rings. The van der Waals surface area contributed by atoms with Crippen molar-refractivity contribution in [3.05, 3.63) is 69.7 Å². The number of carbonyl (C=O) groups is 3. The van der Waals surface area contributed by atoms with Crippen molar-refractivity contribution < 1.29 is 14.4 Å². The van der Waals surface area contributed by atoms with Crippen LogP contribution in [0.3, 0.4) is 0 Å². The molecule has 2 aromatic carbocycles. The van der Waals surface area contributed by atoms with Gasteiger partial charge >= 0.3 is 0 Å². The van der Waals surface area contributed by atoms with Crippen LogP contribution in [0.2, 0.25) is 5.02 Å². The van der Waals surface area contributed by atoms with Gasteiger partial charge in [-0.3, -0.25) is 19.3 Å². The monoisotopic (exact) mass is 342 g/mol. The summed E-state index contributed by atoms with van der Waals surface area (Å²) in [5, 5.41) is 3.09. The Labute approximate surface area is 144 Å². The molecule has 0 aliphatic carbocycles. The number of aryl methyl sites for hydroxylation is 1. The van der Waals surface area contributed by atoms with E-state index in [4.69, 9.17) is 11.6 Å². The number of nitrogens with one attached hydrogen (secondary N) is 1. The lowest BCUT2D eigenvalue weighted by molar-refractivity contribution is -0.121. The molecule has 0 bridgehead atoms. The van der Waals surface area contributed by atoms with Gasteiger partial charge in [0.2, 0.25) is 5.91 Å². The first-order chi connectivity index (χ1) is 11.5. The first-order valence-corrected chi connectivity index (χ1v) is 7.81. The molecule has 6 heteroatoms. The minimum Gasteiger partial charge on any atom is -0.350 e. The zero-order chi connectivity index (χ0) is 17.3. The molecule has 0 fully saturated rings. The molecule has 24 heavy (non-hydrogen) atoms. The maximum atomic E-state index is 12.3. The largest absolute Gasteiger partial charge is 0.350 e. The van der Waals surface area contributed by atoms with E-state index in [0.29, 0.717) is 11.6 Å². The van der Waals surface area contributed by atoms with E-state index < -0.39 is 17.7 Å². The van der Waals surface area contributed by atoms with E-state index in [9.17, 15) is 14.4 Å². The maximum Gasteiger partial charge on any atom is 0.262 e. The number of rotatable bonds is 4. The highest BCUT2D eigenvalue weighted by Crippen LogP contribution is 2.25. The molecule has 3 amide bonds. The van der Waals surface area contributed by atoms with Crippen LogP contribution >= 0.6 is 11.6 Å². The van der Waals surface area contributed by atoms with Crippen molar-refractivity contribution in [1.29, 1.82) is 0 Å². The van der Waals surface area contributed by atoms with E-state index in [-0.39, 0.29) is 17.7 Å². The van der Waals surface area contributed by atoms with E-state index in [0.717, 1.165) is 16.0 Å². The number of fused-ring (bicyclic) bond motifs is 1. The Balaban J connectivity index is 1.64. The second-order valence-corrected chi connectivity index (χ2v) is 6.09. The minimum atomic E-state index is -0.497. The highest BCUT2D eigenvalue weighted by Gasteiger charge is 2.36. The molecule has 0 unspecified atom stereocenters. The fraction of sp³-hybridized carbons (Fsp3) is 0.167. The number of nitrogens with zero attached hydrogens (tertiary/aromatic N) is 1. The summed E-state index contributed by atoms with van der Waals surface area (Å²) in [6.07, 6.45) is 0. The van der Waals surface area contributed by atoms with E-state index in [1.807, 2.05) is 31.2 Å². The Hall–Kier alpha value is -2.66. The topological polar surface area (TPSA) is 66.5 Å². The number of imide groups is 1. The highest BCUT2D eigenvalue weighted by atomic mass is 35.5. The molecule has 0 saturated heterocycles. The number of amides is 3. The third-order valence-electron chi connectivity index (χ3n) is 3.84. The molecular weight excluding hydrogens is 328 g/mol. The third-order valence-corrected chi connectivity index (χ3v) is 4.08. The second kappa shape index (κ2) is 6.45. The normalized spacial score (nSPS) is 13.2. The minimum absolute atomic E-state index is 0.235. The van der Waals surface area contributed by atoms with Crippen molar-refractivity contribution in [2.24, 2.45) is 0 Å². The fourth-order valence-electron chi connectivity index (χ4n) is 2.51. The second-order valence-electron chi connectivity index (χ2n) is 5.65. The summed E-state index contributed by atoms with van der Waals surface area (Å²) >= 11 is 5.86. The predicted octanol–water partition coefficient (Wildman–Crippen LogP) is 2.56. The van der Waals surface area contributed by atoms with Gasteiger partial charge in [0, 0.05) is 11.6 Å². The van der Waals surface area contributed by atoms with Crippen molar-refractivity contribution >= 4 is 29.3 Å². The lowest BCUT2D eigenvalue weighted by atomic mass is 10.1. The molecule has 0 radical (unpaired) electrons. The van der Waals surface area contributed by atoms with Crippen molar-refractivity contribution in [2.45, 2.75) is 13.5 Å². The molecule has 2 aromatic rings. The van der Waals surface area contributed by atoms with E-state index in [1.165, 1.54) is 12.1 Å². The van der Waals surface area contributed by atoms with Crippen LogP contribution < -0.4 is 5.32 Å². The molecular formula is C18H15ClN2O3. The molecule has 1 heterocycles. The van der Waals surface area contributed by atoms with Crippen LogP contribution in [-0.4, -0.2) is 29.2 Å². The molecule has 0 aromatic heterocycles. The summed E-state index contributed by atoms with van der Waals surface area (Å²) in [6, 6.07) is 12.2. The zero-order valence-electron chi connectivity index (χ0n) is 13.0. The van der Waals surface area contributed by atoms with Gasteiger partial charge in [0.1, 0.15) is 6.54 Å². The quantitative estimate of drug-likeness (QED) is 0.868. The summed E-state index contributed by atoms with van der Waals surface area (Å²) in [5.74, 6) is -1.36. The van der Waals surface area contributed by atoms with Gasteiger partial charge in [-0.2, -0.15) is 0 Å².